The summed E-state index contributed by atoms with van der Waals surface area (Å²) in [6.07, 6.45) is 3.16. The molecule has 0 bridgehead atoms. The van der Waals surface area contributed by atoms with Gasteiger partial charge in [0.15, 0.2) is 5.84 Å². The highest BCUT2D eigenvalue weighted by Crippen LogP contribution is 2.12. The van der Waals surface area contributed by atoms with Crippen molar-refractivity contribution in [1.82, 2.24) is 10.0 Å². The molecule has 4 N–H and O–H groups in total. The van der Waals surface area contributed by atoms with Gasteiger partial charge < -0.3 is 0 Å². The Bertz CT molecular complexity index is 264. The van der Waals surface area contributed by atoms with Crippen molar-refractivity contribution in [3.05, 3.63) is 11.9 Å². The van der Waals surface area contributed by atoms with Crippen molar-refractivity contribution in [2.24, 2.45) is 21.7 Å². The first-order chi connectivity index (χ1) is 5.27. The highest BCUT2D eigenvalue weighted by molar-refractivity contribution is 6.06. The summed E-state index contributed by atoms with van der Waals surface area (Å²) in [6.45, 7) is 0.436. The Balaban J connectivity index is 2.37. The van der Waals surface area contributed by atoms with Gasteiger partial charge in [-0.15, -0.1) is 0 Å². The van der Waals surface area contributed by atoms with E-state index in [0.29, 0.717) is 18.2 Å². The van der Waals surface area contributed by atoms with Crippen molar-refractivity contribution in [2.45, 2.75) is 0 Å². The number of hydrogen-bond acceptors (Lipinski definition) is 6. The number of hydrogen-bond donors (Lipinski definition) is 2. The second-order valence-electron chi connectivity index (χ2n) is 2.34. The molecule has 0 amide bonds. The fourth-order valence-corrected chi connectivity index (χ4v) is 1.02. The van der Waals surface area contributed by atoms with Crippen LogP contribution in [-0.4, -0.2) is 28.9 Å². The van der Waals surface area contributed by atoms with Crippen LogP contribution in [0.5, 0.6) is 0 Å². The molecule has 0 saturated heterocycles. The van der Waals surface area contributed by atoms with Crippen molar-refractivity contribution >= 4 is 12.2 Å². The van der Waals surface area contributed by atoms with Crippen LogP contribution in [0.3, 0.4) is 0 Å². The summed E-state index contributed by atoms with van der Waals surface area (Å²) in [5.74, 6) is 11.7. The van der Waals surface area contributed by atoms with Gasteiger partial charge in [-0.3, -0.25) is 10.0 Å². The first-order valence-corrected chi connectivity index (χ1v) is 3.13. The molecule has 58 valence electrons. The van der Waals surface area contributed by atoms with Gasteiger partial charge in [-0.25, -0.2) is 21.7 Å². The van der Waals surface area contributed by atoms with Gasteiger partial charge in [0, 0.05) is 6.20 Å². The third-order valence-electron chi connectivity index (χ3n) is 1.48. The minimum atomic E-state index is 0.436. The number of fused-ring (bicyclic) bond motifs is 1. The monoisotopic (exact) mass is 152 g/mol. The average Bonchev–Trinajstić information content (AvgIpc) is 2.34. The summed E-state index contributed by atoms with van der Waals surface area (Å²) in [4.78, 5) is 7.90. The van der Waals surface area contributed by atoms with Crippen molar-refractivity contribution in [2.75, 3.05) is 6.67 Å². The molecule has 0 aliphatic carbocycles. The molecule has 11 heavy (non-hydrogen) atoms. The van der Waals surface area contributed by atoms with E-state index in [2.05, 4.69) is 9.98 Å². The molecule has 2 rings (SSSR count). The van der Waals surface area contributed by atoms with Crippen LogP contribution < -0.4 is 11.7 Å². The van der Waals surface area contributed by atoms with Gasteiger partial charge >= 0.3 is 0 Å². The van der Waals surface area contributed by atoms with E-state index in [9.17, 15) is 0 Å². The molecule has 0 aromatic rings. The Morgan fingerprint density at radius 3 is 3.09 bits per heavy atom. The number of hydrazine groups is 2. The maximum absolute atomic E-state index is 5.57. The lowest BCUT2D eigenvalue weighted by molar-refractivity contribution is 0.244. The van der Waals surface area contributed by atoms with E-state index in [-0.39, 0.29) is 0 Å². The van der Waals surface area contributed by atoms with E-state index < -0.39 is 0 Å². The van der Waals surface area contributed by atoms with Gasteiger partial charge in [0.05, 0.1) is 0 Å². The van der Waals surface area contributed by atoms with Gasteiger partial charge in [0.2, 0.25) is 0 Å². The standard InChI is InChI=1S/C5H8N6/c6-10-1-4-5(9-2-8-4)11(7)3-10/h1-2H,3,6-7H2. The molecule has 0 spiro atoms. The third kappa shape index (κ3) is 0.883. The van der Waals surface area contributed by atoms with Crippen molar-refractivity contribution in [3.8, 4) is 0 Å². The number of nitrogens with zero attached hydrogens (tertiary/aromatic N) is 4. The Kier molecular flexibility index (Phi) is 1.17. The SMILES string of the molecule is NN1C=C2N=CN=C2N(N)C1. The predicted octanol–water partition coefficient (Wildman–Crippen LogP) is -1.41. The molecular formula is C5H8N6. The summed E-state index contributed by atoms with van der Waals surface area (Å²) in [7, 11) is 0. The molecule has 0 radical (unpaired) electrons. The lowest BCUT2D eigenvalue weighted by atomic mass is 10.4. The Labute approximate surface area is 63.4 Å². The summed E-state index contributed by atoms with van der Waals surface area (Å²) >= 11 is 0. The molecule has 0 unspecified atom stereocenters. The van der Waals surface area contributed by atoms with Gasteiger partial charge in [-0.1, -0.05) is 0 Å². The molecule has 0 atom stereocenters. The minimum absolute atomic E-state index is 0.436. The van der Waals surface area contributed by atoms with Crippen LogP contribution in [0, 0.1) is 0 Å². The Morgan fingerprint density at radius 2 is 2.27 bits per heavy atom. The molecule has 0 saturated carbocycles. The maximum atomic E-state index is 5.57. The van der Waals surface area contributed by atoms with E-state index in [0.717, 1.165) is 0 Å². The zero-order valence-corrected chi connectivity index (χ0v) is 5.81. The van der Waals surface area contributed by atoms with E-state index in [4.69, 9.17) is 11.7 Å². The first kappa shape index (κ1) is 6.32. The van der Waals surface area contributed by atoms with E-state index in [1.54, 1.807) is 6.20 Å². The fraction of sp³-hybridized carbons (Fsp3) is 0.200. The maximum Gasteiger partial charge on any atom is 0.173 e. The summed E-state index contributed by atoms with van der Waals surface area (Å²) < 4.78 is 0. The van der Waals surface area contributed by atoms with Crippen molar-refractivity contribution < 1.29 is 0 Å². The molecule has 0 fully saturated rings. The molecule has 0 aromatic carbocycles. The first-order valence-electron chi connectivity index (χ1n) is 3.13. The molecular weight excluding hydrogens is 144 g/mol. The second-order valence-corrected chi connectivity index (χ2v) is 2.34. The van der Waals surface area contributed by atoms with Gasteiger partial charge in [-0.05, 0) is 0 Å². The number of nitrogens with two attached hydrogens (primary N) is 2. The highest BCUT2D eigenvalue weighted by atomic mass is 15.6. The third-order valence-corrected chi connectivity index (χ3v) is 1.48. The summed E-state index contributed by atoms with van der Waals surface area (Å²) in [5, 5.41) is 2.90. The largest absolute Gasteiger partial charge is 0.295 e. The van der Waals surface area contributed by atoms with Crippen LogP contribution >= 0.6 is 0 Å². The number of rotatable bonds is 0. The van der Waals surface area contributed by atoms with Crippen molar-refractivity contribution in [3.63, 3.8) is 0 Å². The average molecular weight is 152 g/mol. The van der Waals surface area contributed by atoms with E-state index in [1.807, 2.05) is 0 Å². The zero-order chi connectivity index (χ0) is 7.84. The van der Waals surface area contributed by atoms with Crippen molar-refractivity contribution in [1.29, 1.82) is 0 Å². The van der Waals surface area contributed by atoms with E-state index >= 15 is 0 Å². The van der Waals surface area contributed by atoms with Crippen LogP contribution in [0.25, 0.3) is 0 Å². The lowest BCUT2D eigenvalue weighted by Gasteiger charge is -2.28. The molecule has 2 aliphatic rings. The van der Waals surface area contributed by atoms with Gasteiger partial charge in [0.25, 0.3) is 0 Å². The molecule has 2 aliphatic heterocycles. The van der Waals surface area contributed by atoms with Crippen LogP contribution in [0.1, 0.15) is 0 Å². The van der Waals surface area contributed by atoms with Gasteiger partial charge in [-0.2, -0.15) is 0 Å². The van der Waals surface area contributed by atoms with Crippen LogP contribution in [0.4, 0.5) is 0 Å². The normalized spacial score (nSPS) is 21.6. The van der Waals surface area contributed by atoms with Crippen LogP contribution in [-0.2, 0) is 0 Å². The number of amidine groups is 1. The van der Waals surface area contributed by atoms with E-state index in [1.165, 1.54) is 16.4 Å². The second kappa shape index (κ2) is 2.04. The lowest BCUT2D eigenvalue weighted by Crippen LogP contribution is -2.50. The molecule has 6 nitrogen and oxygen atoms in total. The molecule has 6 heteroatoms. The fourth-order valence-electron chi connectivity index (χ4n) is 1.02. The predicted molar refractivity (Wildman–Crippen MR) is 40.9 cm³/mol. The molecule has 0 aromatic heterocycles. The van der Waals surface area contributed by atoms with Gasteiger partial charge in [0.1, 0.15) is 18.7 Å². The quantitative estimate of drug-likeness (QED) is 0.418. The summed E-state index contributed by atoms with van der Waals surface area (Å²) in [5.41, 5.74) is 0.709. The topological polar surface area (TPSA) is 83.2 Å². The minimum Gasteiger partial charge on any atom is -0.295 e. The highest BCUT2D eigenvalue weighted by Gasteiger charge is 2.21. The number of aliphatic imine (C=N–C) groups is 2. The smallest absolute Gasteiger partial charge is 0.173 e. The Hall–Kier alpha value is -1.40. The van der Waals surface area contributed by atoms with Crippen LogP contribution in [0.15, 0.2) is 21.9 Å². The van der Waals surface area contributed by atoms with Crippen LogP contribution in [0.2, 0.25) is 0 Å². The Morgan fingerprint density at radius 1 is 1.45 bits per heavy atom. The zero-order valence-electron chi connectivity index (χ0n) is 5.81. The summed E-state index contributed by atoms with van der Waals surface area (Å²) in [6, 6.07) is 0. The molecule has 2 heterocycles.